The highest BCUT2D eigenvalue weighted by Crippen LogP contribution is 2.29. The highest BCUT2D eigenvalue weighted by molar-refractivity contribution is 9.10. The van der Waals surface area contributed by atoms with Gasteiger partial charge in [-0.2, -0.15) is 0 Å². The minimum Gasteiger partial charge on any atom is -0.321 e. The second-order valence-electron chi connectivity index (χ2n) is 5.27. The molecule has 1 nitrogen and oxygen atoms in total. The van der Waals surface area contributed by atoms with Gasteiger partial charge in [0.25, 0.3) is 0 Å². The van der Waals surface area contributed by atoms with E-state index < -0.39 is 5.54 Å². The highest BCUT2D eigenvalue weighted by Gasteiger charge is 2.24. The Morgan fingerprint density at radius 1 is 1.15 bits per heavy atom. The van der Waals surface area contributed by atoms with Crippen LogP contribution in [0.5, 0.6) is 0 Å². The maximum atomic E-state index is 13.7. The number of benzene rings is 2. The second-order valence-corrected chi connectivity index (χ2v) is 6.06. The predicted octanol–water partition coefficient (Wildman–Crippen LogP) is 4.45. The first-order valence-electron chi connectivity index (χ1n) is 6.29. The summed E-state index contributed by atoms with van der Waals surface area (Å²) in [6, 6.07) is 9.79. The largest absolute Gasteiger partial charge is 0.321 e. The Hall–Kier alpha value is -1.26. The topological polar surface area (TPSA) is 26.0 Å². The van der Waals surface area contributed by atoms with E-state index in [1.807, 2.05) is 19.1 Å². The molecule has 2 N–H and O–H groups in total. The van der Waals surface area contributed by atoms with Crippen LogP contribution < -0.4 is 5.73 Å². The molecular formula is C16H16BrF2N. The Balaban J connectivity index is 2.35. The standard InChI is InChI=1S/C16H16BrF2N/c1-10-6-7-12(8-14(10)19)16(2,20)9-11-4-3-5-13(18)15(11)17/h3-8H,9,20H2,1-2H3. The summed E-state index contributed by atoms with van der Waals surface area (Å²) in [5.41, 5.74) is 7.56. The molecule has 0 saturated heterocycles. The zero-order valence-corrected chi connectivity index (χ0v) is 13.0. The molecule has 0 aliphatic heterocycles. The molecule has 0 aliphatic carbocycles. The van der Waals surface area contributed by atoms with Crippen molar-refractivity contribution >= 4 is 15.9 Å². The number of aryl methyl sites for hydroxylation is 1. The van der Waals surface area contributed by atoms with E-state index in [0.29, 0.717) is 22.0 Å². The molecule has 2 aromatic carbocycles. The van der Waals surface area contributed by atoms with Crippen LogP contribution in [0.1, 0.15) is 23.6 Å². The molecule has 0 spiro atoms. The van der Waals surface area contributed by atoms with Gasteiger partial charge >= 0.3 is 0 Å². The molecule has 0 bridgehead atoms. The van der Waals surface area contributed by atoms with Crippen LogP contribution in [0.4, 0.5) is 8.78 Å². The second kappa shape index (κ2) is 5.62. The molecule has 4 heteroatoms. The summed E-state index contributed by atoms with van der Waals surface area (Å²) in [5, 5.41) is 0. The summed E-state index contributed by atoms with van der Waals surface area (Å²) < 4.78 is 27.6. The van der Waals surface area contributed by atoms with Crippen LogP contribution in [0.3, 0.4) is 0 Å². The van der Waals surface area contributed by atoms with E-state index in [1.165, 1.54) is 12.1 Å². The smallest absolute Gasteiger partial charge is 0.137 e. The molecular weight excluding hydrogens is 324 g/mol. The van der Waals surface area contributed by atoms with Gasteiger partial charge in [-0.3, -0.25) is 0 Å². The fourth-order valence-electron chi connectivity index (χ4n) is 2.13. The van der Waals surface area contributed by atoms with Crippen molar-refractivity contribution in [3.05, 3.63) is 69.2 Å². The lowest BCUT2D eigenvalue weighted by atomic mass is 9.86. The van der Waals surface area contributed by atoms with E-state index in [1.54, 1.807) is 19.1 Å². The van der Waals surface area contributed by atoms with Crippen LogP contribution in [0, 0.1) is 18.6 Å². The van der Waals surface area contributed by atoms with E-state index in [2.05, 4.69) is 15.9 Å². The van der Waals surface area contributed by atoms with Crippen molar-refractivity contribution in [2.24, 2.45) is 5.73 Å². The molecule has 0 aliphatic rings. The van der Waals surface area contributed by atoms with Gasteiger partial charge in [0, 0.05) is 5.54 Å². The monoisotopic (exact) mass is 339 g/mol. The summed E-state index contributed by atoms with van der Waals surface area (Å²) in [7, 11) is 0. The number of nitrogens with two attached hydrogens (primary N) is 1. The summed E-state index contributed by atoms with van der Waals surface area (Å²) in [6.07, 6.45) is 0.411. The van der Waals surface area contributed by atoms with E-state index in [0.717, 1.165) is 5.56 Å². The molecule has 0 saturated carbocycles. The Labute approximate surface area is 125 Å². The molecule has 2 rings (SSSR count). The molecule has 1 atom stereocenters. The van der Waals surface area contributed by atoms with E-state index >= 15 is 0 Å². The number of hydrogen-bond donors (Lipinski definition) is 1. The molecule has 20 heavy (non-hydrogen) atoms. The molecule has 0 heterocycles. The van der Waals surface area contributed by atoms with Gasteiger partial charge in [0.1, 0.15) is 11.6 Å². The van der Waals surface area contributed by atoms with Crippen molar-refractivity contribution in [3.8, 4) is 0 Å². The van der Waals surface area contributed by atoms with Gasteiger partial charge < -0.3 is 5.73 Å². The summed E-state index contributed by atoms with van der Waals surface area (Å²) in [4.78, 5) is 0. The van der Waals surface area contributed by atoms with Crippen molar-refractivity contribution in [3.63, 3.8) is 0 Å². The van der Waals surface area contributed by atoms with Gasteiger partial charge in [-0.15, -0.1) is 0 Å². The van der Waals surface area contributed by atoms with E-state index in [-0.39, 0.29) is 11.6 Å². The minimum atomic E-state index is -0.773. The first-order chi connectivity index (χ1) is 9.31. The number of hydrogen-bond acceptors (Lipinski definition) is 1. The maximum absolute atomic E-state index is 13.7. The molecule has 2 aromatic rings. The van der Waals surface area contributed by atoms with Gasteiger partial charge in [-0.05, 0) is 65.0 Å². The van der Waals surface area contributed by atoms with Crippen molar-refractivity contribution in [2.75, 3.05) is 0 Å². The molecule has 1 unspecified atom stereocenters. The lowest BCUT2D eigenvalue weighted by Gasteiger charge is -2.26. The third-order valence-electron chi connectivity index (χ3n) is 3.42. The van der Waals surface area contributed by atoms with Crippen LogP contribution in [0.15, 0.2) is 40.9 Å². The van der Waals surface area contributed by atoms with Gasteiger partial charge in [0.2, 0.25) is 0 Å². The molecule has 0 radical (unpaired) electrons. The Morgan fingerprint density at radius 2 is 1.85 bits per heavy atom. The van der Waals surface area contributed by atoms with E-state index in [9.17, 15) is 8.78 Å². The summed E-state index contributed by atoms with van der Waals surface area (Å²) >= 11 is 3.23. The average Bonchev–Trinajstić information content (AvgIpc) is 2.38. The zero-order chi connectivity index (χ0) is 14.9. The van der Waals surface area contributed by atoms with Crippen LogP contribution >= 0.6 is 15.9 Å². The quantitative estimate of drug-likeness (QED) is 0.878. The first-order valence-corrected chi connectivity index (χ1v) is 7.09. The fraction of sp³-hybridized carbons (Fsp3) is 0.250. The Kier molecular flexibility index (Phi) is 4.25. The SMILES string of the molecule is Cc1ccc(C(C)(N)Cc2cccc(F)c2Br)cc1F. The highest BCUT2D eigenvalue weighted by atomic mass is 79.9. The van der Waals surface area contributed by atoms with Crippen LogP contribution in [0.2, 0.25) is 0 Å². The number of rotatable bonds is 3. The number of halogens is 3. The van der Waals surface area contributed by atoms with Gasteiger partial charge in [0.05, 0.1) is 4.47 Å². The van der Waals surface area contributed by atoms with Crippen molar-refractivity contribution < 1.29 is 8.78 Å². The average molecular weight is 340 g/mol. The normalized spacial score (nSPS) is 14.1. The van der Waals surface area contributed by atoms with Gasteiger partial charge in [-0.25, -0.2) is 8.78 Å². The zero-order valence-electron chi connectivity index (χ0n) is 11.4. The Morgan fingerprint density at radius 3 is 2.50 bits per heavy atom. The van der Waals surface area contributed by atoms with Crippen LogP contribution in [0.25, 0.3) is 0 Å². The Bertz CT molecular complexity index is 638. The fourth-order valence-corrected chi connectivity index (χ4v) is 2.54. The lowest BCUT2D eigenvalue weighted by Crippen LogP contribution is -2.35. The summed E-state index contributed by atoms with van der Waals surface area (Å²) in [5.74, 6) is -0.606. The molecule has 0 fully saturated rings. The lowest BCUT2D eigenvalue weighted by molar-refractivity contribution is 0.482. The summed E-state index contributed by atoms with van der Waals surface area (Å²) in [6.45, 7) is 3.52. The van der Waals surface area contributed by atoms with Crippen molar-refractivity contribution in [1.82, 2.24) is 0 Å². The van der Waals surface area contributed by atoms with Crippen LogP contribution in [-0.4, -0.2) is 0 Å². The molecule has 0 amide bonds. The van der Waals surface area contributed by atoms with Crippen LogP contribution in [-0.2, 0) is 12.0 Å². The van der Waals surface area contributed by atoms with Crippen molar-refractivity contribution in [2.45, 2.75) is 25.8 Å². The first kappa shape index (κ1) is 15.1. The predicted molar refractivity (Wildman–Crippen MR) is 80.5 cm³/mol. The molecule has 0 aromatic heterocycles. The van der Waals surface area contributed by atoms with E-state index in [4.69, 9.17) is 5.73 Å². The minimum absolute atomic E-state index is 0.280. The third-order valence-corrected chi connectivity index (χ3v) is 4.31. The van der Waals surface area contributed by atoms with Gasteiger partial charge in [0.15, 0.2) is 0 Å². The van der Waals surface area contributed by atoms with Crippen molar-refractivity contribution in [1.29, 1.82) is 0 Å². The molecule has 106 valence electrons. The maximum Gasteiger partial charge on any atom is 0.137 e. The third kappa shape index (κ3) is 3.07. The van der Waals surface area contributed by atoms with Gasteiger partial charge in [-0.1, -0.05) is 24.3 Å².